The number of aliphatic hydroxyl groups excluding tert-OH is 1. The number of hydrogen-bond donors (Lipinski definition) is 4. The fourth-order valence-corrected chi connectivity index (χ4v) is 5.11. The van der Waals surface area contributed by atoms with Crippen molar-refractivity contribution in [2.75, 3.05) is 20.3 Å². The monoisotopic (exact) mass is 624 g/mol. The fourth-order valence-electron chi connectivity index (χ4n) is 5.11. The lowest BCUT2D eigenvalue weighted by molar-refractivity contribution is -0.136. The van der Waals surface area contributed by atoms with E-state index in [1.165, 1.54) is 7.11 Å². The smallest absolute Gasteiger partial charge is 0.337 e. The van der Waals surface area contributed by atoms with Crippen LogP contribution in [0, 0.1) is 0 Å². The summed E-state index contributed by atoms with van der Waals surface area (Å²) in [6.45, 7) is 4.03. The lowest BCUT2D eigenvalue weighted by Crippen LogP contribution is -2.45. The average molecular weight is 625 g/mol. The molecule has 0 spiro atoms. The number of nitrogens with zero attached hydrogens (tertiary/aromatic N) is 1. The summed E-state index contributed by atoms with van der Waals surface area (Å²) in [4.78, 5) is 24.7. The number of carbonyl (C=O) groups is 2. The molecule has 4 aromatic rings. The molecule has 1 aliphatic rings. The Morgan fingerprint density at radius 3 is 2.59 bits per heavy atom. The van der Waals surface area contributed by atoms with Crippen LogP contribution in [0.25, 0.3) is 10.8 Å². The summed E-state index contributed by atoms with van der Waals surface area (Å²) in [7, 11) is 1.28. The zero-order chi connectivity index (χ0) is 32.5. The summed E-state index contributed by atoms with van der Waals surface area (Å²) >= 11 is 0. The average Bonchev–Trinajstić information content (AvgIpc) is 3.06. The molecule has 4 aromatic carbocycles. The Balaban J connectivity index is 1.21. The molecule has 11 nitrogen and oxygen atoms in total. The van der Waals surface area contributed by atoms with Gasteiger partial charge in [-0.2, -0.15) is 5.10 Å². The van der Waals surface area contributed by atoms with Gasteiger partial charge in [-0.3, -0.25) is 5.43 Å². The van der Waals surface area contributed by atoms with Gasteiger partial charge in [0, 0.05) is 11.3 Å². The molecule has 238 valence electrons. The van der Waals surface area contributed by atoms with Gasteiger partial charge in [-0.1, -0.05) is 60.7 Å². The number of benzene rings is 4. The molecule has 0 saturated heterocycles. The van der Waals surface area contributed by atoms with E-state index < -0.39 is 24.3 Å². The van der Waals surface area contributed by atoms with Crippen LogP contribution in [0.1, 0.15) is 36.6 Å². The predicted octanol–water partition coefficient (Wildman–Crippen LogP) is 4.94. The van der Waals surface area contributed by atoms with Crippen molar-refractivity contribution in [1.29, 1.82) is 0 Å². The summed E-state index contributed by atoms with van der Waals surface area (Å²) < 4.78 is 22.7. The molecule has 4 N–H and O–H groups in total. The quantitative estimate of drug-likeness (QED) is 0.0710. The largest absolute Gasteiger partial charge is 0.490 e. The number of ether oxygens (including phenoxy) is 4. The number of para-hydroxylation sites is 1. The minimum Gasteiger partial charge on any atom is -0.490 e. The van der Waals surface area contributed by atoms with Gasteiger partial charge in [-0.15, -0.1) is 0 Å². The minimum absolute atomic E-state index is 0.146. The van der Waals surface area contributed by atoms with Crippen LogP contribution in [0.3, 0.4) is 0 Å². The van der Waals surface area contributed by atoms with E-state index in [0.29, 0.717) is 41.7 Å². The zero-order valence-electron chi connectivity index (χ0n) is 25.8. The van der Waals surface area contributed by atoms with Gasteiger partial charge >= 0.3 is 12.0 Å². The van der Waals surface area contributed by atoms with Crippen molar-refractivity contribution in [3.63, 3.8) is 0 Å². The Morgan fingerprint density at radius 1 is 0.978 bits per heavy atom. The van der Waals surface area contributed by atoms with Crippen molar-refractivity contribution in [3.8, 4) is 17.2 Å². The van der Waals surface area contributed by atoms with E-state index in [2.05, 4.69) is 39.4 Å². The number of hydrazone groups is 1. The van der Waals surface area contributed by atoms with Crippen LogP contribution in [0.4, 0.5) is 4.79 Å². The van der Waals surface area contributed by atoms with Gasteiger partial charge in [0.1, 0.15) is 19.0 Å². The number of urea groups is 1. The first kappa shape index (κ1) is 31.9. The second kappa shape index (κ2) is 15.0. The highest BCUT2D eigenvalue weighted by Crippen LogP contribution is 2.35. The topological polar surface area (TPSA) is 140 Å². The third-order valence-electron chi connectivity index (χ3n) is 7.28. The predicted molar refractivity (Wildman–Crippen MR) is 174 cm³/mol. The third-order valence-corrected chi connectivity index (χ3v) is 7.28. The molecular weight excluding hydrogens is 588 g/mol. The minimum atomic E-state index is -1.14. The first-order valence-electron chi connectivity index (χ1n) is 14.8. The SMILES string of the molecule is CCOc1cc([C@H]2NC(=O)NC(C)=C2C(=O)OC)ccc1OC[C@@H](O)N/N=C/c1ccccc1OCc1cccc2ccccc12. The Bertz CT molecular complexity index is 1770. The second-order valence-corrected chi connectivity index (χ2v) is 10.4. The highest BCUT2D eigenvalue weighted by atomic mass is 16.5. The van der Waals surface area contributed by atoms with Crippen LogP contribution in [0.2, 0.25) is 0 Å². The molecule has 2 amide bonds. The Morgan fingerprint density at radius 2 is 1.76 bits per heavy atom. The number of allylic oxidation sites excluding steroid dienone is 1. The van der Waals surface area contributed by atoms with Crippen LogP contribution >= 0.6 is 0 Å². The van der Waals surface area contributed by atoms with Crippen molar-refractivity contribution >= 4 is 29.0 Å². The third kappa shape index (κ3) is 7.56. The first-order valence-corrected chi connectivity index (χ1v) is 14.8. The molecule has 46 heavy (non-hydrogen) atoms. The molecule has 5 rings (SSSR count). The number of fused-ring (bicyclic) bond motifs is 1. The zero-order valence-corrected chi connectivity index (χ0v) is 25.8. The highest BCUT2D eigenvalue weighted by molar-refractivity contribution is 5.95. The maximum Gasteiger partial charge on any atom is 0.337 e. The molecule has 2 atom stereocenters. The molecule has 0 fully saturated rings. The summed E-state index contributed by atoms with van der Waals surface area (Å²) in [6, 6.07) is 25.6. The summed E-state index contributed by atoms with van der Waals surface area (Å²) in [5, 5.41) is 22.4. The van der Waals surface area contributed by atoms with Gasteiger partial charge in [0.15, 0.2) is 17.7 Å². The van der Waals surface area contributed by atoms with E-state index in [-0.39, 0.29) is 12.2 Å². The number of aliphatic hydroxyl groups is 1. The van der Waals surface area contributed by atoms with Crippen molar-refractivity contribution in [3.05, 3.63) is 113 Å². The number of carbonyl (C=O) groups excluding carboxylic acids is 2. The Hall–Kier alpha value is -5.55. The highest BCUT2D eigenvalue weighted by Gasteiger charge is 2.32. The van der Waals surface area contributed by atoms with Crippen LogP contribution < -0.4 is 30.3 Å². The Labute approximate surface area is 266 Å². The number of methoxy groups -OCH3 is 1. The molecular formula is C35H36N4O7. The molecule has 0 aliphatic carbocycles. The van der Waals surface area contributed by atoms with E-state index in [4.69, 9.17) is 18.9 Å². The van der Waals surface area contributed by atoms with Gasteiger partial charge in [0.05, 0.1) is 31.5 Å². The van der Waals surface area contributed by atoms with E-state index in [1.54, 1.807) is 31.3 Å². The van der Waals surface area contributed by atoms with Crippen LogP contribution in [0.15, 0.2) is 101 Å². The van der Waals surface area contributed by atoms with Crippen LogP contribution in [-0.4, -0.2) is 49.9 Å². The number of hydrogen-bond acceptors (Lipinski definition) is 9. The maximum atomic E-state index is 12.5. The van der Waals surface area contributed by atoms with Gasteiger partial charge in [0.2, 0.25) is 0 Å². The molecule has 0 radical (unpaired) electrons. The van der Waals surface area contributed by atoms with E-state index >= 15 is 0 Å². The van der Waals surface area contributed by atoms with Crippen molar-refractivity contribution < 1.29 is 33.6 Å². The summed E-state index contributed by atoms with van der Waals surface area (Å²) in [5.41, 5.74) is 5.74. The maximum absolute atomic E-state index is 12.5. The van der Waals surface area contributed by atoms with Crippen LogP contribution in [-0.2, 0) is 16.1 Å². The fraction of sp³-hybridized carbons (Fsp3) is 0.229. The number of amides is 2. The lowest BCUT2D eigenvalue weighted by atomic mass is 9.95. The number of nitrogens with one attached hydrogen (secondary N) is 3. The molecule has 1 heterocycles. The van der Waals surface area contributed by atoms with Crippen molar-refractivity contribution in [2.24, 2.45) is 5.10 Å². The summed E-state index contributed by atoms with van der Waals surface area (Å²) in [6.07, 6.45) is 0.429. The van der Waals surface area contributed by atoms with Gasteiger partial charge < -0.3 is 34.7 Å². The molecule has 0 saturated carbocycles. The normalized spacial score (nSPS) is 15.2. The Kier molecular flexibility index (Phi) is 10.4. The van der Waals surface area contributed by atoms with Crippen molar-refractivity contribution in [2.45, 2.75) is 32.7 Å². The van der Waals surface area contributed by atoms with Gasteiger partial charge in [0.25, 0.3) is 0 Å². The van der Waals surface area contributed by atoms with Gasteiger partial charge in [-0.05, 0) is 60.0 Å². The second-order valence-electron chi connectivity index (χ2n) is 10.4. The lowest BCUT2D eigenvalue weighted by Gasteiger charge is -2.28. The van der Waals surface area contributed by atoms with E-state index in [9.17, 15) is 14.7 Å². The molecule has 0 aromatic heterocycles. The van der Waals surface area contributed by atoms with Crippen LogP contribution in [0.5, 0.6) is 17.2 Å². The number of esters is 1. The van der Waals surface area contributed by atoms with E-state index in [0.717, 1.165) is 21.9 Å². The van der Waals surface area contributed by atoms with E-state index in [1.807, 2.05) is 55.5 Å². The number of rotatable bonds is 13. The first-order chi connectivity index (χ1) is 22.4. The molecule has 11 heteroatoms. The molecule has 1 aliphatic heterocycles. The molecule has 0 unspecified atom stereocenters. The van der Waals surface area contributed by atoms with Gasteiger partial charge in [-0.25, -0.2) is 9.59 Å². The standard InChI is InChI=1S/C35H36N4O7/c1-4-44-30-18-24(33-32(34(41)43-3)22(2)37-35(42)38-33)16-17-29(30)46-21-31(40)39-36-19-25-11-6-8-15-28(25)45-20-26-13-9-12-23-10-5-7-14-27(23)26/h5-19,31,33,39-40H,4,20-21H2,1-3H3,(H2,37,38,42)/b36-19+/t31-,33-/m1/s1. The summed E-state index contributed by atoms with van der Waals surface area (Å²) in [5.74, 6) is 0.825. The van der Waals surface area contributed by atoms with Crippen molar-refractivity contribution in [1.82, 2.24) is 16.1 Å². The molecule has 0 bridgehead atoms.